The first-order valence-corrected chi connectivity index (χ1v) is 9.96. The second kappa shape index (κ2) is 6.06. The highest BCUT2D eigenvalue weighted by Gasteiger charge is 2.38. The zero-order valence-electron chi connectivity index (χ0n) is 14.5. The molecule has 8 nitrogen and oxygen atoms in total. The summed E-state index contributed by atoms with van der Waals surface area (Å²) in [7, 11) is -0.176. The van der Waals surface area contributed by atoms with E-state index in [4.69, 9.17) is 0 Å². The van der Waals surface area contributed by atoms with Crippen molar-refractivity contribution in [1.29, 1.82) is 0 Å². The van der Waals surface area contributed by atoms with Crippen LogP contribution in [0.25, 0.3) is 0 Å². The lowest BCUT2D eigenvalue weighted by Crippen LogP contribution is -2.60. The molecule has 3 heterocycles. The Labute approximate surface area is 147 Å². The third-order valence-corrected chi connectivity index (χ3v) is 6.98. The molecule has 0 N–H and O–H groups in total. The molecule has 25 heavy (non-hydrogen) atoms. The van der Waals surface area contributed by atoms with Gasteiger partial charge in [-0.25, -0.2) is 8.42 Å². The summed E-state index contributed by atoms with van der Waals surface area (Å²) in [5.41, 5.74) is 2.40. The number of likely N-dealkylation sites (N-methyl/N-ethyl adjacent to an activating group) is 1. The number of rotatable bonds is 4. The summed E-state index contributed by atoms with van der Waals surface area (Å²) >= 11 is 0. The fraction of sp³-hybridized carbons (Fsp3) is 0.562. The van der Waals surface area contributed by atoms with Crippen molar-refractivity contribution >= 4 is 15.8 Å². The maximum atomic E-state index is 12.6. The number of hydrogen-bond donors (Lipinski definition) is 0. The topological polar surface area (TPSA) is 84.2 Å². The first kappa shape index (κ1) is 16.5. The quantitative estimate of drug-likeness (QED) is 0.792. The number of aromatic nitrogens is 4. The SMILES string of the molecule is CN(C1CN(c2cc3c(nn2)CCCC3)C1)S(=O)(=O)c1cnn(C)c1. The summed E-state index contributed by atoms with van der Waals surface area (Å²) < 4.78 is 28.2. The predicted molar refractivity (Wildman–Crippen MR) is 92.8 cm³/mol. The van der Waals surface area contributed by atoms with Gasteiger partial charge in [-0.3, -0.25) is 4.68 Å². The molecule has 1 aliphatic carbocycles. The van der Waals surface area contributed by atoms with E-state index in [9.17, 15) is 8.42 Å². The van der Waals surface area contributed by atoms with Gasteiger partial charge in [0.2, 0.25) is 10.0 Å². The van der Waals surface area contributed by atoms with Gasteiger partial charge in [-0.2, -0.15) is 14.5 Å². The molecule has 0 unspecified atom stereocenters. The average molecular weight is 362 g/mol. The minimum absolute atomic E-state index is 0.0666. The molecule has 1 saturated heterocycles. The van der Waals surface area contributed by atoms with Gasteiger partial charge in [-0.15, -0.1) is 5.10 Å². The Morgan fingerprint density at radius 2 is 1.96 bits per heavy atom. The summed E-state index contributed by atoms with van der Waals surface area (Å²) in [6.45, 7) is 1.26. The van der Waals surface area contributed by atoms with Crippen molar-refractivity contribution in [2.45, 2.75) is 36.6 Å². The van der Waals surface area contributed by atoms with Crippen molar-refractivity contribution in [3.8, 4) is 0 Å². The van der Waals surface area contributed by atoms with Gasteiger partial charge in [0.1, 0.15) is 4.90 Å². The zero-order valence-corrected chi connectivity index (χ0v) is 15.3. The van der Waals surface area contributed by atoms with Crippen LogP contribution < -0.4 is 4.90 Å². The van der Waals surface area contributed by atoms with Crippen LogP contribution in [0.15, 0.2) is 23.4 Å². The van der Waals surface area contributed by atoms with Crippen LogP contribution in [0.1, 0.15) is 24.1 Å². The van der Waals surface area contributed by atoms with Gasteiger partial charge >= 0.3 is 0 Å². The number of hydrogen-bond acceptors (Lipinski definition) is 6. The number of fused-ring (bicyclic) bond motifs is 1. The Morgan fingerprint density at radius 1 is 1.20 bits per heavy atom. The lowest BCUT2D eigenvalue weighted by molar-refractivity contribution is 0.309. The molecule has 1 fully saturated rings. The maximum absolute atomic E-state index is 12.6. The lowest BCUT2D eigenvalue weighted by Gasteiger charge is -2.43. The first-order valence-electron chi connectivity index (χ1n) is 8.52. The van der Waals surface area contributed by atoms with Gasteiger partial charge in [-0.1, -0.05) is 0 Å². The molecule has 0 spiro atoms. The van der Waals surface area contributed by atoms with Crippen LogP contribution in [0.4, 0.5) is 5.82 Å². The summed E-state index contributed by atoms with van der Waals surface area (Å²) in [5.74, 6) is 0.851. The van der Waals surface area contributed by atoms with E-state index >= 15 is 0 Å². The summed E-state index contributed by atoms with van der Waals surface area (Å²) in [5, 5.41) is 12.6. The van der Waals surface area contributed by atoms with Gasteiger partial charge in [0.05, 0.1) is 17.9 Å². The molecule has 0 saturated carbocycles. The number of anilines is 1. The second-order valence-electron chi connectivity index (χ2n) is 6.81. The molecule has 2 aromatic rings. The summed E-state index contributed by atoms with van der Waals surface area (Å²) in [4.78, 5) is 2.31. The van der Waals surface area contributed by atoms with E-state index in [2.05, 4.69) is 26.3 Å². The molecule has 0 bridgehead atoms. The fourth-order valence-electron chi connectivity index (χ4n) is 3.40. The van der Waals surface area contributed by atoms with Crippen molar-refractivity contribution < 1.29 is 8.42 Å². The van der Waals surface area contributed by atoms with Crippen molar-refractivity contribution in [2.24, 2.45) is 7.05 Å². The average Bonchev–Trinajstić information content (AvgIpc) is 3.00. The lowest BCUT2D eigenvalue weighted by atomic mass is 9.96. The van der Waals surface area contributed by atoms with Crippen molar-refractivity contribution in [1.82, 2.24) is 24.3 Å². The Hall–Kier alpha value is -2.00. The van der Waals surface area contributed by atoms with E-state index in [0.717, 1.165) is 24.4 Å². The molecule has 4 rings (SSSR count). The highest BCUT2D eigenvalue weighted by atomic mass is 32.2. The zero-order chi connectivity index (χ0) is 17.6. The third kappa shape index (κ3) is 2.91. The fourth-order valence-corrected chi connectivity index (χ4v) is 4.72. The first-order chi connectivity index (χ1) is 11.9. The molecule has 9 heteroatoms. The molecule has 134 valence electrons. The largest absolute Gasteiger partial charge is 0.352 e. The van der Waals surface area contributed by atoms with Crippen molar-refractivity contribution in [3.63, 3.8) is 0 Å². The Morgan fingerprint density at radius 3 is 2.68 bits per heavy atom. The minimum atomic E-state index is -3.51. The molecule has 2 aliphatic rings. The Bertz CT molecular complexity index is 888. The van der Waals surface area contributed by atoms with Gasteiger partial charge in [-0.05, 0) is 37.3 Å². The Balaban J connectivity index is 1.45. The van der Waals surface area contributed by atoms with Crippen molar-refractivity contribution in [2.75, 3.05) is 25.0 Å². The standard InChI is InChI=1S/C16H22N6O2S/c1-20-11-14(8-17-20)25(23,24)21(2)13-9-22(10-13)16-7-12-5-3-4-6-15(12)18-19-16/h7-8,11,13H,3-6,9-10H2,1-2H3. The van der Waals surface area contributed by atoms with Crippen molar-refractivity contribution in [3.05, 3.63) is 29.7 Å². The molecule has 0 radical (unpaired) electrons. The van der Waals surface area contributed by atoms with Crippen LogP contribution in [-0.4, -0.2) is 58.9 Å². The molecule has 2 aromatic heterocycles. The third-order valence-electron chi connectivity index (χ3n) is 5.12. The number of nitrogens with zero attached hydrogens (tertiary/aromatic N) is 6. The van der Waals surface area contributed by atoms with E-state index < -0.39 is 10.0 Å². The van der Waals surface area contributed by atoms with Crippen LogP contribution in [0, 0.1) is 0 Å². The van der Waals surface area contributed by atoms with E-state index in [-0.39, 0.29) is 10.9 Å². The predicted octanol–water partition coefficient (Wildman–Crippen LogP) is 0.598. The minimum Gasteiger partial charge on any atom is -0.352 e. The monoisotopic (exact) mass is 362 g/mol. The molecular weight excluding hydrogens is 340 g/mol. The highest BCUT2D eigenvalue weighted by molar-refractivity contribution is 7.89. The van der Waals surface area contributed by atoms with E-state index in [1.54, 1.807) is 14.1 Å². The van der Waals surface area contributed by atoms with Gasteiger partial charge in [0.15, 0.2) is 5.82 Å². The van der Waals surface area contributed by atoms with Gasteiger partial charge in [0.25, 0.3) is 0 Å². The van der Waals surface area contributed by atoms with E-state index in [1.807, 2.05) is 0 Å². The molecule has 1 aliphatic heterocycles. The Kier molecular flexibility index (Phi) is 3.99. The molecular formula is C16H22N6O2S. The number of sulfonamides is 1. The molecule has 0 amide bonds. The summed E-state index contributed by atoms with van der Waals surface area (Å²) in [6, 6.07) is 2.05. The van der Waals surface area contributed by atoms with E-state index in [0.29, 0.717) is 13.1 Å². The smallest absolute Gasteiger partial charge is 0.246 e. The molecule has 0 aromatic carbocycles. The van der Waals surface area contributed by atoms with Crippen LogP contribution in [-0.2, 0) is 29.9 Å². The van der Waals surface area contributed by atoms with Gasteiger partial charge < -0.3 is 4.90 Å². The van der Waals surface area contributed by atoms with Crippen LogP contribution in [0.5, 0.6) is 0 Å². The van der Waals surface area contributed by atoms with Gasteiger partial charge in [0, 0.05) is 33.4 Å². The molecule has 0 atom stereocenters. The van der Waals surface area contributed by atoms with Crippen LogP contribution in [0.2, 0.25) is 0 Å². The highest BCUT2D eigenvalue weighted by Crippen LogP contribution is 2.27. The van der Waals surface area contributed by atoms with Crippen LogP contribution in [0.3, 0.4) is 0 Å². The van der Waals surface area contributed by atoms with Crippen LogP contribution >= 0.6 is 0 Å². The van der Waals surface area contributed by atoms with E-state index in [1.165, 1.54) is 39.8 Å². The maximum Gasteiger partial charge on any atom is 0.246 e. The summed E-state index contributed by atoms with van der Waals surface area (Å²) in [6.07, 6.45) is 7.37. The normalized spacial score (nSPS) is 18.3. The number of aryl methyl sites for hydroxylation is 3. The second-order valence-corrected chi connectivity index (χ2v) is 8.81.